The van der Waals surface area contributed by atoms with Crippen molar-refractivity contribution in [3.8, 4) is 0 Å². The summed E-state index contributed by atoms with van der Waals surface area (Å²) in [5.41, 5.74) is 0. The summed E-state index contributed by atoms with van der Waals surface area (Å²) in [6.45, 7) is 9.89. The van der Waals surface area contributed by atoms with Gasteiger partial charge < -0.3 is 15.2 Å². The molecule has 23 heavy (non-hydrogen) atoms. The lowest BCUT2D eigenvalue weighted by Gasteiger charge is -2.34. The van der Waals surface area contributed by atoms with Crippen LogP contribution in [0.5, 0.6) is 0 Å². The number of carbonyl (C=O) groups excluding carboxylic acids is 1. The lowest BCUT2D eigenvalue weighted by atomic mass is 10.1. The van der Waals surface area contributed by atoms with Gasteiger partial charge in [-0.2, -0.15) is 0 Å². The van der Waals surface area contributed by atoms with Gasteiger partial charge in [0.05, 0.1) is 25.2 Å². The minimum Gasteiger partial charge on any atom is -0.481 e. The van der Waals surface area contributed by atoms with Gasteiger partial charge in [0.15, 0.2) is 0 Å². The van der Waals surface area contributed by atoms with Crippen molar-refractivity contribution in [3.05, 3.63) is 0 Å². The highest BCUT2D eigenvalue weighted by Crippen LogP contribution is 2.15. The molecule has 2 unspecified atom stereocenters. The normalized spacial score (nSPS) is 26.6. The van der Waals surface area contributed by atoms with Crippen LogP contribution in [0.3, 0.4) is 0 Å². The zero-order valence-corrected chi connectivity index (χ0v) is 14.2. The molecule has 0 aromatic heterocycles. The number of morpholine rings is 1. The molecule has 0 aromatic carbocycles. The van der Waals surface area contributed by atoms with Crippen LogP contribution in [0.15, 0.2) is 0 Å². The van der Waals surface area contributed by atoms with Gasteiger partial charge in [0.2, 0.25) is 5.91 Å². The minimum atomic E-state index is -0.770. The Kier molecular flexibility index (Phi) is 6.80. The Hall–Kier alpha value is -1.18. The molecule has 132 valence electrons. The number of carboxylic acid groups (broad SMARTS) is 1. The van der Waals surface area contributed by atoms with E-state index >= 15 is 0 Å². The molecule has 0 radical (unpaired) electrons. The summed E-state index contributed by atoms with van der Waals surface area (Å²) in [6, 6.07) is 0. The van der Waals surface area contributed by atoms with Crippen molar-refractivity contribution in [2.45, 2.75) is 26.4 Å². The van der Waals surface area contributed by atoms with Crippen molar-refractivity contribution >= 4 is 11.9 Å². The highest BCUT2D eigenvalue weighted by Gasteiger charge is 2.29. The van der Waals surface area contributed by atoms with Crippen molar-refractivity contribution in [2.75, 3.05) is 52.4 Å². The molecule has 2 rings (SSSR count). The molecule has 0 spiro atoms. The number of carboxylic acids is 1. The molecule has 2 heterocycles. The largest absolute Gasteiger partial charge is 0.481 e. The summed E-state index contributed by atoms with van der Waals surface area (Å²) in [6.07, 6.45) is 0.662. The second-order valence-electron chi connectivity index (χ2n) is 7.01. The topological polar surface area (TPSA) is 82.1 Å². The van der Waals surface area contributed by atoms with E-state index in [2.05, 4.69) is 24.1 Å². The molecule has 0 bridgehead atoms. The Morgan fingerprint density at radius 2 is 2.04 bits per heavy atom. The number of ether oxygens (including phenoxy) is 1. The first-order valence-corrected chi connectivity index (χ1v) is 8.50. The smallest absolute Gasteiger partial charge is 0.307 e. The summed E-state index contributed by atoms with van der Waals surface area (Å²) in [4.78, 5) is 27.2. The zero-order valence-electron chi connectivity index (χ0n) is 14.2. The summed E-state index contributed by atoms with van der Waals surface area (Å²) < 4.78 is 5.71. The quantitative estimate of drug-likeness (QED) is 0.678. The van der Waals surface area contributed by atoms with E-state index in [9.17, 15) is 9.59 Å². The number of carbonyl (C=O) groups is 2. The summed E-state index contributed by atoms with van der Waals surface area (Å²) in [5, 5.41) is 11.9. The predicted octanol–water partition coefficient (Wildman–Crippen LogP) is -0.134. The van der Waals surface area contributed by atoms with E-state index in [0.717, 1.165) is 19.6 Å². The second-order valence-corrected chi connectivity index (χ2v) is 7.01. The van der Waals surface area contributed by atoms with Crippen molar-refractivity contribution in [3.63, 3.8) is 0 Å². The first-order chi connectivity index (χ1) is 10.9. The molecule has 2 fully saturated rings. The van der Waals surface area contributed by atoms with E-state index in [1.54, 1.807) is 0 Å². The Labute approximate surface area is 138 Å². The molecular formula is C16H29N3O4. The van der Waals surface area contributed by atoms with Gasteiger partial charge in [-0.3, -0.25) is 19.4 Å². The summed E-state index contributed by atoms with van der Waals surface area (Å²) >= 11 is 0. The monoisotopic (exact) mass is 327 g/mol. The maximum Gasteiger partial charge on any atom is 0.307 e. The molecule has 2 atom stereocenters. The van der Waals surface area contributed by atoms with Gasteiger partial charge in [-0.1, -0.05) is 13.8 Å². The highest BCUT2D eigenvalue weighted by molar-refractivity contribution is 5.78. The van der Waals surface area contributed by atoms with Crippen LogP contribution in [0.4, 0.5) is 0 Å². The summed E-state index contributed by atoms with van der Waals surface area (Å²) in [5.74, 6) is -0.538. The standard InChI is InChI=1S/C16H29N3O4/c1-12(2)8-19-5-6-23-14(10-19)7-17-15(20)11-18-4-3-13(9-18)16(21)22/h12-14H,3-11H2,1-2H3,(H,17,20)(H,21,22). The third-order valence-corrected chi connectivity index (χ3v) is 4.36. The SMILES string of the molecule is CC(C)CN1CCOC(CNC(=O)CN2CCC(C(=O)O)C2)C1. The first kappa shape index (κ1) is 18.2. The molecule has 7 nitrogen and oxygen atoms in total. The molecule has 7 heteroatoms. The summed E-state index contributed by atoms with van der Waals surface area (Å²) in [7, 11) is 0. The number of amides is 1. The Balaban J connectivity index is 1.65. The molecule has 2 aliphatic heterocycles. The number of rotatable bonds is 7. The molecule has 2 aliphatic rings. The zero-order chi connectivity index (χ0) is 16.8. The van der Waals surface area contributed by atoms with Crippen LogP contribution in [0.2, 0.25) is 0 Å². The van der Waals surface area contributed by atoms with Crippen LogP contribution in [0, 0.1) is 11.8 Å². The fourth-order valence-electron chi connectivity index (χ4n) is 3.25. The van der Waals surface area contributed by atoms with Crippen molar-refractivity contribution in [1.29, 1.82) is 0 Å². The van der Waals surface area contributed by atoms with E-state index in [0.29, 0.717) is 38.6 Å². The third kappa shape index (κ3) is 6.08. The molecule has 0 aromatic rings. The van der Waals surface area contributed by atoms with Crippen LogP contribution < -0.4 is 5.32 Å². The maximum atomic E-state index is 12.0. The Morgan fingerprint density at radius 1 is 1.26 bits per heavy atom. The van der Waals surface area contributed by atoms with Gasteiger partial charge in [-0.05, 0) is 18.9 Å². The minimum absolute atomic E-state index is 0.0387. The predicted molar refractivity (Wildman–Crippen MR) is 86.2 cm³/mol. The van der Waals surface area contributed by atoms with E-state index in [4.69, 9.17) is 9.84 Å². The van der Waals surface area contributed by atoms with Gasteiger partial charge in [0.1, 0.15) is 0 Å². The lowest BCUT2D eigenvalue weighted by molar-refractivity contribution is -0.141. The number of nitrogens with zero attached hydrogens (tertiary/aromatic N) is 2. The van der Waals surface area contributed by atoms with Crippen LogP contribution in [-0.4, -0.2) is 85.3 Å². The van der Waals surface area contributed by atoms with E-state index < -0.39 is 5.97 Å². The fourth-order valence-corrected chi connectivity index (χ4v) is 3.25. The van der Waals surface area contributed by atoms with Gasteiger partial charge in [0, 0.05) is 32.7 Å². The third-order valence-electron chi connectivity index (χ3n) is 4.36. The van der Waals surface area contributed by atoms with Crippen LogP contribution in [0.25, 0.3) is 0 Å². The molecule has 0 aliphatic carbocycles. The highest BCUT2D eigenvalue weighted by atomic mass is 16.5. The maximum absolute atomic E-state index is 12.0. The Morgan fingerprint density at radius 3 is 2.70 bits per heavy atom. The second kappa shape index (κ2) is 8.61. The first-order valence-electron chi connectivity index (χ1n) is 8.50. The fraction of sp³-hybridized carbons (Fsp3) is 0.875. The van der Waals surface area contributed by atoms with Crippen molar-refractivity contribution < 1.29 is 19.4 Å². The number of nitrogens with one attached hydrogen (secondary N) is 1. The number of likely N-dealkylation sites (tertiary alicyclic amines) is 1. The van der Waals surface area contributed by atoms with E-state index in [1.165, 1.54) is 0 Å². The number of hydrogen-bond acceptors (Lipinski definition) is 5. The van der Waals surface area contributed by atoms with Crippen LogP contribution >= 0.6 is 0 Å². The molecule has 2 N–H and O–H groups in total. The molecule has 0 saturated carbocycles. The van der Waals surface area contributed by atoms with Gasteiger partial charge >= 0.3 is 5.97 Å². The Bertz CT molecular complexity index is 416. The van der Waals surface area contributed by atoms with E-state index in [-0.39, 0.29) is 24.5 Å². The van der Waals surface area contributed by atoms with Crippen molar-refractivity contribution in [2.24, 2.45) is 11.8 Å². The van der Waals surface area contributed by atoms with Crippen molar-refractivity contribution in [1.82, 2.24) is 15.1 Å². The van der Waals surface area contributed by atoms with Gasteiger partial charge in [-0.15, -0.1) is 0 Å². The lowest BCUT2D eigenvalue weighted by Crippen LogP contribution is -2.49. The molecular weight excluding hydrogens is 298 g/mol. The number of aliphatic carboxylic acids is 1. The van der Waals surface area contributed by atoms with Crippen LogP contribution in [0.1, 0.15) is 20.3 Å². The van der Waals surface area contributed by atoms with E-state index in [1.807, 2.05) is 4.90 Å². The molecule has 2 saturated heterocycles. The number of hydrogen-bond donors (Lipinski definition) is 2. The molecule has 1 amide bonds. The average Bonchev–Trinajstić information content (AvgIpc) is 2.93. The van der Waals surface area contributed by atoms with Gasteiger partial charge in [-0.25, -0.2) is 0 Å². The van der Waals surface area contributed by atoms with Crippen LogP contribution in [-0.2, 0) is 14.3 Å². The van der Waals surface area contributed by atoms with Gasteiger partial charge in [0.25, 0.3) is 0 Å². The average molecular weight is 327 g/mol.